The molecule has 1 saturated heterocycles. The molecule has 1 nitrogen and oxygen atoms in total. The first-order valence-corrected chi connectivity index (χ1v) is 8.65. The molecule has 0 bridgehead atoms. The number of nitrogens with zero attached hydrogens (tertiary/aromatic N) is 1. The number of benzene rings is 1. The Kier molecular flexibility index (Phi) is 3.31. The molecule has 21 heavy (non-hydrogen) atoms. The van der Waals surface area contributed by atoms with Gasteiger partial charge in [-0.1, -0.05) is 56.0 Å². The van der Waals surface area contributed by atoms with Crippen molar-refractivity contribution in [3.05, 3.63) is 35.9 Å². The fourth-order valence-corrected chi connectivity index (χ4v) is 4.92. The SMILES string of the molecule is CCCC#C[C@H]1N(Cc2ccccc2)[C@@]12C[C@@H]1CCC[C@@H]12. The topological polar surface area (TPSA) is 3.01 Å². The summed E-state index contributed by atoms with van der Waals surface area (Å²) in [5.41, 5.74) is 1.91. The van der Waals surface area contributed by atoms with Gasteiger partial charge in [0.2, 0.25) is 0 Å². The summed E-state index contributed by atoms with van der Waals surface area (Å²) < 4.78 is 0. The number of hydrogen-bond donors (Lipinski definition) is 0. The predicted octanol–water partition coefficient (Wildman–Crippen LogP) is 4.23. The predicted molar refractivity (Wildman–Crippen MR) is 86.6 cm³/mol. The van der Waals surface area contributed by atoms with Crippen LogP contribution in [0, 0.1) is 23.7 Å². The summed E-state index contributed by atoms with van der Waals surface area (Å²) in [6.45, 7) is 3.31. The van der Waals surface area contributed by atoms with Gasteiger partial charge >= 0.3 is 0 Å². The third-order valence-corrected chi connectivity index (χ3v) is 5.95. The van der Waals surface area contributed by atoms with E-state index >= 15 is 0 Å². The van der Waals surface area contributed by atoms with Crippen LogP contribution in [-0.4, -0.2) is 16.5 Å². The minimum Gasteiger partial charge on any atom is -0.275 e. The zero-order valence-electron chi connectivity index (χ0n) is 13.0. The molecule has 1 aromatic carbocycles. The molecule has 3 aliphatic rings. The number of hydrogen-bond acceptors (Lipinski definition) is 1. The Balaban J connectivity index is 1.53. The molecule has 0 radical (unpaired) electrons. The summed E-state index contributed by atoms with van der Waals surface area (Å²) in [5.74, 6) is 9.00. The molecule has 1 unspecified atom stereocenters. The molecule has 0 N–H and O–H groups in total. The van der Waals surface area contributed by atoms with Gasteiger partial charge in [0.05, 0.1) is 11.6 Å². The molecule has 2 saturated carbocycles. The van der Waals surface area contributed by atoms with Gasteiger partial charge in [0.25, 0.3) is 0 Å². The lowest BCUT2D eigenvalue weighted by molar-refractivity contribution is 0.0947. The molecular weight excluding hydrogens is 254 g/mol. The van der Waals surface area contributed by atoms with E-state index in [-0.39, 0.29) is 0 Å². The van der Waals surface area contributed by atoms with Gasteiger partial charge in [-0.05, 0) is 36.7 Å². The first-order valence-electron chi connectivity index (χ1n) is 8.65. The van der Waals surface area contributed by atoms with Crippen molar-refractivity contribution in [2.75, 3.05) is 0 Å². The van der Waals surface area contributed by atoms with Crippen LogP contribution in [0.25, 0.3) is 0 Å². The summed E-state index contributed by atoms with van der Waals surface area (Å²) >= 11 is 0. The summed E-state index contributed by atoms with van der Waals surface area (Å²) in [6.07, 6.45) is 8.02. The lowest BCUT2D eigenvalue weighted by Gasteiger charge is -2.42. The van der Waals surface area contributed by atoms with E-state index in [0.29, 0.717) is 11.6 Å². The van der Waals surface area contributed by atoms with Crippen LogP contribution in [0.4, 0.5) is 0 Å². The molecule has 5 atom stereocenters. The third-order valence-electron chi connectivity index (χ3n) is 5.95. The van der Waals surface area contributed by atoms with Crippen LogP contribution >= 0.6 is 0 Å². The van der Waals surface area contributed by atoms with Crippen LogP contribution < -0.4 is 0 Å². The van der Waals surface area contributed by atoms with Gasteiger partial charge in [-0.25, -0.2) is 0 Å². The lowest BCUT2D eigenvalue weighted by Crippen LogP contribution is -2.45. The second kappa shape index (κ2) is 5.18. The van der Waals surface area contributed by atoms with E-state index in [0.717, 1.165) is 24.8 Å². The van der Waals surface area contributed by atoms with E-state index in [1.54, 1.807) is 0 Å². The van der Waals surface area contributed by atoms with Crippen molar-refractivity contribution in [3.8, 4) is 11.8 Å². The Morgan fingerprint density at radius 3 is 2.86 bits per heavy atom. The van der Waals surface area contributed by atoms with Gasteiger partial charge in [0, 0.05) is 13.0 Å². The van der Waals surface area contributed by atoms with Crippen molar-refractivity contribution in [1.82, 2.24) is 4.90 Å². The molecule has 1 spiro atoms. The summed E-state index contributed by atoms with van der Waals surface area (Å²) in [4.78, 5) is 2.71. The maximum atomic E-state index is 3.61. The van der Waals surface area contributed by atoms with E-state index in [9.17, 15) is 0 Å². The molecule has 1 heteroatoms. The van der Waals surface area contributed by atoms with Crippen LogP contribution in [0.2, 0.25) is 0 Å². The van der Waals surface area contributed by atoms with Crippen molar-refractivity contribution in [2.24, 2.45) is 11.8 Å². The van der Waals surface area contributed by atoms with Crippen molar-refractivity contribution in [2.45, 2.75) is 63.6 Å². The maximum absolute atomic E-state index is 3.61. The monoisotopic (exact) mass is 279 g/mol. The Morgan fingerprint density at radius 2 is 2.10 bits per heavy atom. The van der Waals surface area contributed by atoms with E-state index in [1.165, 1.54) is 37.7 Å². The van der Waals surface area contributed by atoms with Gasteiger partial charge < -0.3 is 0 Å². The average molecular weight is 279 g/mol. The van der Waals surface area contributed by atoms with Crippen LogP contribution in [0.5, 0.6) is 0 Å². The Bertz CT molecular complexity index is 566. The molecular formula is C20H25N. The highest BCUT2D eigenvalue weighted by Crippen LogP contribution is 2.67. The van der Waals surface area contributed by atoms with Gasteiger partial charge in [0.1, 0.15) is 0 Å². The summed E-state index contributed by atoms with van der Waals surface area (Å²) in [5, 5.41) is 0. The quantitative estimate of drug-likeness (QED) is 0.591. The fourth-order valence-electron chi connectivity index (χ4n) is 4.92. The molecule has 1 aromatic rings. The third kappa shape index (κ3) is 2.04. The minimum absolute atomic E-state index is 0.470. The van der Waals surface area contributed by atoms with Crippen molar-refractivity contribution < 1.29 is 0 Å². The van der Waals surface area contributed by atoms with Crippen LogP contribution in [0.15, 0.2) is 30.3 Å². The van der Waals surface area contributed by atoms with Crippen molar-refractivity contribution in [3.63, 3.8) is 0 Å². The first kappa shape index (κ1) is 13.4. The fraction of sp³-hybridized carbons (Fsp3) is 0.600. The van der Waals surface area contributed by atoms with Crippen molar-refractivity contribution >= 4 is 0 Å². The van der Waals surface area contributed by atoms with Crippen LogP contribution in [-0.2, 0) is 6.54 Å². The lowest BCUT2D eigenvalue weighted by atomic mass is 9.64. The summed E-state index contributed by atoms with van der Waals surface area (Å²) in [6, 6.07) is 11.5. The van der Waals surface area contributed by atoms with Crippen LogP contribution in [0.3, 0.4) is 0 Å². The standard InChI is InChI=1S/C20H25N/c1-2-3-5-13-19-20(14-17-11-8-12-18(17)20)21(19)15-16-9-6-4-7-10-16/h4,6-7,9-10,17-19H,2-3,8,11-12,14-15H2,1H3/t17-,18-,19+,20+,21?/m0/s1. The molecule has 0 aromatic heterocycles. The molecule has 2 aliphatic carbocycles. The molecule has 4 rings (SSSR count). The first-order chi connectivity index (χ1) is 10.4. The molecule has 0 amide bonds. The van der Waals surface area contributed by atoms with Gasteiger partial charge in [-0.15, -0.1) is 5.92 Å². The Hall–Kier alpha value is -1.26. The Morgan fingerprint density at radius 1 is 1.24 bits per heavy atom. The van der Waals surface area contributed by atoms with Gasteiger partial charge in [-0.3, -0.25) is 4.90 Å². The zero-order chi connectivity index (χ0) is 14.3. The molecule has 1 aliphatic heterocycles. The summed E-state index contributed by atoms with van der Waals surface area (Å²) in [7, 11) is 0. The number of unbranched alkanes of at least 4 members (excludes halogenated alkanes) is 1. The minimum atomic E-state index is 0.470. The second-order valence-corrected chi connectivity index (χ2v) is 7.08. The number of rotatable bonds is 3. The smallest absolute Gasteiger partial charge is 0.0912 e. The highest BCUT2D eigenvalue weighted by Gasteiger charge is 2.73. The van der Waals surface area contributed by atoms with Crippen LogP contribution in [0.1, 0.15) is 51.0 Å². The number of fused-ring (bicyclic) bond motifs is 2. The normalized spacial score (nSPS) is 39.3. The van der Waals surface area contributed by atoms with E-state index < -0.39 is 0 Å². The van der Waals surface area contributed by atoms with Gasteiger partial charge in [0.15, 0.2) is 0 Å². The maximum Gasteiger partial charge on any atom is 0.0912 e. The van der Waals surface area contributed by atoms with Gasteiger partial charge in [-0.2, -0.15) is 0 Å². The average Bonchev–Trinajstić information content (AvgIpc) is 2.94. The Labute approximate surface area is 128 Å². The van der Waals surface area contributed by atoms with E-state index in [2.05, 4.69) is 54.0 Å². The highest BCUT2D eigenvalue weighted by atomic mass is 15.4. The molecule has 3 fully saturated rings. The molecule has 1 heterocycles. The zero-order valence-corrected chi connectivity index (χ0v) is 13.0. The largest absolute Gasteiger partial charge is 0.275 e. The van der Waals surface area contributed by atoms with E-state index in [1.807, 2.05) is 0 Å². The highest BCUT2D eigenvalue weighted by molar-refractivity contribution is 5.38. The van der Waals surface area contributed by atoms with Crippen molar-refractivity contribution in [1.29, 1.82) is 0 Å². The second-order valence-electron chi connectivity index (χ2n) is 7.08. The molecule has 110 valence electrons. The van der Waals surface area contributed by atoms with E-state index in [4.69, 9.17) is 0 Å².